The average molecular weight is 236 g/mol. The quantitative estimate of drug-likeness (QED) is 0.852. The van der Waals surface area contributed by atoms with Crippen LogP contribution in [0.5, 0.6) is 0 Å². The molecule has 2 aliphatic rings. The number of nitrogens with zero attached hydrogens (tertiary/aromatic N) is 2. The van der Waals surface area contributed by atoms with Crippen molar-refractivity contribution in [1.29, 1.82) is 0 Å². The Hall–Kier alpha value is -0.870. The molecule has 17 heavy (non-hydrogen) atoms. The van der Waals surface area contributed by atoms with E-state index >= 15 is 0 Å². The number of hydrogen-bond donors (Lipinski definition) is 1. The van der Waals surface area contributed by atoms with Gasteiger partial charge in [-0.05, 0) is 31.1 Å². The number of rotatable bonds is 3. The van der Waals surface area contributed by atoms with Gasteiger partial charge in [0.05, 0.1) is 5.69 Å². The summed E-state index contributed by atoms with van der Waals surface area (Å²) in [5.74, 6) is 2.22. The standard InChI is InChI=1S/C13H20N2O2/c16-8-10-1-3-15-7-12(14-13(15)6-10)5-11-2-4-17-9-11/h7,10-11,16H,1-6,8-9H2. The summed E-state index contributed by atoms with van der Waals surface area (Å²) in [6, 6.07) is 0. The van der Waals surface area contributed by atoms with Gasteiger partial charge in [0, 0.05) is 39.0 Å². The normalized spacial score (nSPS) is 28.3. The SMILES string of the molecule is OCC1CCn2cc(CC3CCOC3)nc2C1. The molecule has 1 fully saturated rings. The van der Waals surface area contributed by atoms with Crippen molar-refractivity contribution in [3.63, 3.8) is 0 Å². The summed E-state index contributed by atoms with van der Waals surface area (Å²) >= 11 is 0. The molecule has 2 atom stereocenters. The second kappa shape index (κ2) is 4.78. The summed E-state index contributed by atoms with van der Waals surface area (Å²) in [5.41, 5.74) is 1.20. The molecule has 4 nitrogen and oxygen atoms in total. The lowest BCUT2D eigenvalue weighted by Crippen LogP contribution is -2.21. The van der Waals surface area contributed by atoms with Gasteiger partial charge in [-0.3, -0.25) is 0 Å². The molecule has 1 saturated heterocycles. The first-order valence-electron chi connectivity index (χ1n) is 6.58. The van der Waals surface area contributed by atoms with Crippen molar-refractivity contribution in [2.24, 2.45) is 11.8 Å². The van der Waals surface area contributed by atoms with Gasteiger partial charge in [0.15, 0.2) is 0 Å². The Kier molecular flexibility index (Phi) is 3.16. The molecule has 1 aromatic heterocycles. The van der Waals surface area contributed by atoms with Gasteiger partial charge >= 0.3 is 0 Å². The van der Waals surface area contributed by atoms with Crippen LogP contribution in [0.2, 0.25) is 0 Å². The number of imidazole rings is 1. The van der Waals surface area contributed by atoms with Crippen LogP contribution in [0.4, 0.5) is 0 Å². The minimum atomic E-state index is 0.290. The summed E-state index contributed by atoms with van der Waals surface area (Å²) in [6.45, 7) is 3.10. The first-order valence-corrected chi connectivity index (χ1v) is 6.58. The summed E-state index contributed by atoms with van der Waals surface area (Å²) in [5, 5.41) is 9.20. The summed E-state index contributed by atoms with van der Waals surface area (Å²) < 4.78 is 7.66. The molecular weight excluding hydrogens is 216 g/mol. The van der Waals surface area contributed by atoms with Crippen LogP contribution in [0.3, 0.4) is 0 Å². The lowest BCUT2D eigenvalue weighted by Gasteiger charge is -2.20. The van der Waals surface area contributed by atoms with E-state index in [0.717, 1.165) is 44.8 Å². The molecule has 94 valence electrons. The number of aromatic nitrogens is 2. The topological polar surface area (TPSA) is 47.3 Å². The molecule has 0 aliphatic carbocycles. The summed E-state index contributed by atoms with van der Waals surface area (Å²) in [7, 11) is 0. The van der Waals surface area contributed by atoms with E-state index in [2.05, 4.69) is 10.8 Å². The van der Waals surface area contributed by atoms with E-state index in [0.29, 0.717) is 18.4 Å². The highest BCUT2D eigenvalue weighted by molar-refractivity contribution is 5.08. The van der Waals surface area contributed by atoms with E-state index in [1.165, 1.54) is 12.1 Å². The van der Waals surface area contributed by atoms with Gasteiger partial charge in [0.25, 0.3) is 0 Å². The second-order valence-corrected chi connectivity index (χ2v) is 5.32. The zero-order chi connectivity index (χ0) is 11.7. The Labute approximate surface area is 102 Å². The molecule has 4 heteroatoms. The van der Waals surface area contributed by atoms with Crippen molar-refractivity contribution in [1.82, 2.24) is 9.55 Å². The molecule has 3 rings (SSSR count). The Morgan fingerprint density at radius 3 is 3.12 bits per heavy atom. The van der Waals surface area contributed by atoms with Crippen LogP contribution in [-0.2, 0) is 24.1 Å². The number of aryl methyl sites for hydroxylation is 1. The van der Waals surface area contributed by atoms with E-state index in [1.807, 2.05) is 0 Å². The number of ether oxygens (including phenoxy) is 1. The van der Waals surface area contributed by atoms with E-state index in [1.54, 1.807) is 0 Å². The van der Waals surface area contributed by atoms with Crippen LogP contribution in [0.1, 0.15) is 24.4 Å². The van der Waals surface area contributed by atoms with E-state index in [-0.39, 0.29) is 0 Å². The van der Waals surface area contributed by atoms with Gasteiger partial charge in [-0.25, -0.2) is 4.98 Å². The molecule has 0 bridgehead atoms. The fraction of sp³-hybridized carbons (Fsp3) is 0.769. The first kappa shape index (κ1) is 11.2. The van der Waals surface area contributed by atoms with Gasteiger partial charge in [-0.15, -0.1) is 0 Å². The average Bonchev–Trinajstić information content (AvgIpc) is 2.96. The predicted octanol–water partition coefficient (Wildman–Crippen LogP) is 1.02. The van der Waals surface area contributed by atoms with Crippen molar-refractivity contribution < 1.29 is 9.84 Å². The van der Waals surface area contributed by atoms with Crippen LogP contribution in [-0.4, -0.2) is 34.5 Å². The number of fused-ring (bicyclic) bond motifs is 1. The zero-order valence-electron chi connectivity index (χ0n) is 10.1. The minimum Gasteiger partial charge on any atom is -0.396 e. The fourth-order valence-electron chi connectivity index (χ4n) is 2.85. The van der Waals surface area contributed by atoms with Crippen LogP contribution in [0.25, 0.3) is 0 Å². The van der Waals surface area contributed by atoms with Gasteiger partial charge < -0.3 is 14.4 Å². The fourth-order valence-corrected chi connectivity index (χ4v) is 2.85. The highest BCUT2D eigenvalue weighted by atomic mass is 16.5. The summed E-state index contributed by atoms with van der Waals surface area (Å²) in [6.07, 6.45) is 6.41. The lowest BCUT2D eigenvalue weighted by molar-refractivity contribution is 0.185. The van der Waals surface area contributed by atoms with E-state index in [9.17, 15) is 5.11 Å². The Bertz CT molecular complexity index is 383. The van der Waals surface area contributed by atoms with Crippen molar-refractivity contribution in [3.05, 3.63) is 17.7 Å². The highest BCUT2D eigenvalue weighted by Crippen LogP contribution is 2.22. The van der Waals surface area contributed by atoms with Gasteiger partial charge in [-0.2, -0.15) is 0 Å². The third-order valence-corrected chi connectivity index (χ3v) is 3.94. The maximum Gasteiger partial charge on any atom is 0.109 e. The second-order valence-electron chi connectivity index (χ2n) is 5.32. The zero-order valence-corrected chi connectivity index (χ0v) is 10.1. The molecule has 1 N–H and O–H groups in total. The highest BCUT2D eigenvalue weighted by Gasteiger charge is 2.22. The monoisotopic (exact) mass is 236 g/mol. The predicted molar refractivity (Wildman–Crippen MR) is 63.8 cm³/mol. The van der Waals surface area contributed by atoms with E-state index < -0.39 is 0 Å². The number of aliphatic hydroxyl groups excluding tert-OH is 1. The maximum absolute atomic E-state index is 9.20. The van der Waals surface area contributed by atoms with E-state index in [4.69, 9.17) is 9.72 Å². The lowest BCUT2D eigenvalue weighted by atomic mass is 9.99. The van der Waals surface area contributed by atoms with Crippen molar-refractivity contribution in [2.75, 3.05) is 19.8 Å². The maximum atomic E-state index is 9.20. The first-order chi connectivity index (χ1) is 8.35. The summed E-state index contributed by atoms with van der Waals surface area (Å²) in [4.78, 5) is 4.71. The molecule has 0 amide bonds. The van der Waals surface area contributed by atoms with Crippen LogP contribution < -0.4 is 0 Å². The van der Waals surface area contributed by atoms with Crippen LogP contribution >= 0.6 is 0 Å². The molecular formula is C13H20N2O2. The Morgan fingerprint density at radius 2 is 2.35 bits per heavy atom. The molecule has 2 unspecified atom stereocenters. The molecule has 0 radical (unpaired) electrons. The molecule has 0 aromatic carbocycles. The minimum absolute atomic E-state index is 0.290. The van der Waals surface area contributed by atoms with Crippen LogP contribution in [0.15, 0.2) is 6.20 Å². The largest absolute Gasteiger partial charge is 0.396 e. The Morgan fingerprint density at radius 1 is 1.41 bits per heavy atom. The molecule has 2 aliphatic heterocycles. The van der Waals surface area contributed by atoms with Crippen LogP contribution in [0, 0.1) is 11.8 Å². The smallest absolute Gasteiger partial charge is 0.109 e. The number of hydrogen-bond acceptors (Lipinski definition) is 3. The molecule has 3 heterocycles. The van der Waals surface area contributed by atoms with Gasteiger partial charge in [0.1, 0.15) is 5.82 Å². The third-order valence-electron chi connectivity index (χ3n) is 3.94. The van der Waals surface area contributed by atoms with Gasteiger partial charge in [0.2, 0.25) is 0 Å². The molecule has 0 spiro atoms. The Balaban J connectivity index is 1.69. The number of aliphatic hydroxyl groups is 1. The molecule has 1 aromatic rings. The van der Waals surface area contributed by atoms with Crippen molar-refractivity contribution in [2.45, 2.75) is 32.2 Å². The van der Waals surface area contributed by atoms with Crippen molar-refractivity contribution >= 4 is 0 Å². The van der Waals surface area contributed by atoms with Gasteiger partial charge in [-0.1, -0.05) is 0 Å². The van der Waals surface area contributed by atoms with Crippen molar-refractivity contribution in [3.8, 4) is 0 Å². The third kappa shape index (κ3) is 2.38. The molecule has 0 saturated carbocycles.